The normalized spacial score (nSPS) is 19.3. The molecule has 1 aliphatic rings. The van der Waals surface area contributed by atoms with Gasteiger partial charge in [-0.1, -0.05) is 25.3 Å². The molecule has 108 valence electrons. The van der Waals surface area contributed by atoms with Gasteiger partial charge in [0.15, 0.2) is 0 Å². The Morgan fingerprint density at radius 2 is 1.79 bits per heavy atom. The lowest BCUT2D eigenvalue weighted by Gasteiger charge is -2.34. The van der Waals surface area contributed by atoms with Gasteiger partial charge in [0, 0.05) is 6.08 Å². The van der Waals surface area contributed by atoms with Crippen molar-refractivity contribution in [3.63, 3.8) is 0 Å². The van der Waals surface area contributed by atoms with Crippen molar-refractivity contribution in [2.24, 2.45) is 5.41 Å². The summed E-state index contributed by atoms with van der Waals surface area (Å²) in [5.74, 6) is -1.21. The smallest absolute Gasteiger partial charge is 0.327 e. The van der Waals surface area contributed by atoms with Crippen molar-refractivity contribution < 1.29 is 19.4 Å². The first-order chi connectivity index (χ1) is 8.72. The lowest BCUT2D eigenvalue weighted by atomic mass is 9.71. The summed E-state index contributed by atoms with van der Waals surface area (Å²) in [6.45, 7) is 5.52. The molecule has 1 saturated carbocycles. The molecule has 19 heavy (non-hydrogen) atoms. The first-order valence-electron chi connectivity index (χ1n) is 6.87. The maximum absolute atomic E-state index is 12.0. The number of rotatable bonds is 4. The Labute approximate surface area is 114 Å². The molecule has 0 spiro atoms. The highest BCUT2D eigenvalue weighted by atomic mass is 16.6. The van der Waals surface area contributed by atoms with Gasteiger partial charge < -0.3 is 9.84 Å². The van der Waals surface area contributed by atoms with Crippen LogP contribution in [-0.2, 0) is 14.3 Å². The van der Waals surface area contributed by atoms with Gasteiger partial charge in [-0.25, -0.2) is 4.79 Å². The molecule has 1 N–H and O–H groups in total. The number of allylic oxidation sites excluding steroid dienone is 1. The van der Waals surface area contributed by atoms with Gasteiger partial charge in [-0.15, -0.1) is 0 Å². The Kier molecular flexibility index (Phi) is 5.15. The average molecular weight is 268 g/mol. The summed E-state index contributed by atoms with van der Waals surface area (Å²) in [6, 6.07) is 0. The minimum Gasteiger partial charge on any atom is -0.478 e. The minimum atomic E-state index is -0.964. The largest absolute Gasteiger partial charge is 0.478 e. The highest BCUT2D eigenvalue weighted by molar-refractivity contribution is 5.80. The second kappa shape index (κ2) is 6.22. The van der Waals surface area contributed by atoms with Crippen molar-refractivity contribution in [2.75, 3.05) is 0 Å². The molecule has 1 rings (SSSR count). The number of carbonyl (C=O) groups is 2. The molecule has 0 heterocycles. The van der Waals surface area contributed by atoms with Gasteiger partial charge in [-0.05, 0) is 39.0 Å². The summed E-state index contributed by atoms with van der Waals surface area (Å²) in [5, 5.41) is 8.78. The third-order valence-electron chi connectivity index (χ3n) is 3.35. The van der Waals surface area contributed by atoms with Gasteiger partial charge in [-0.3, -0.25) is 4.79 Å². The van der Waals surface area contributed by atoms with E-state index in [-0.39, 0.29) is 17.8 Å². The van der Waals surface area contributed by atoms with E-state index in [0.717, 1.165) is 38.2 Å². The van der Waals surface area contributed by atoms with E-state index < -0.39 is 11.6 Å². The van der Waals surface area contributed by atoms with Crippen LogP contribution in [0.4, 0.5) is 0 Å². The van der Waals surface area contributed by atoms with E-state index in [1.54, 1.807) is 6.08 Å². The molecule has 0 atom stereocenters. The second-order valence-electron chi connectivity index (χ2n) is 6.36. The summed E-state index contributed by atoms with van der Waals surface area (Å²) < 4.78 is 5.35. The van der Waals surface area contributed by atoms with E-state index in [9.17, 15) is 9.59 Å². The van der Waals surface area contributed by atoms with Crippen LogP contribution in [0.5, 0.6) is 0 Å². The van der Waals surface area contributed by atoms with Crippen molar-refractivity contribution in [2.45, 2.75) is 64.9 Å². The Morgan fingerprint density at radius 3 is 2.26 bits per heavy atom. The highest BCUT2D eigenvalue weighted by Gasteiger charge is 2.33. The van der Waals surface area contributed by atoms with Crippen molar-refractivity contribution in [3.05, 3.63) is 12.2 Å². The molecular weight excluding hydrogens is 244 g/mol. The van der Waals surface area contributed by atoms with Crippen LogP contribution in [-0.4, -0.2) is 22.6 Å². The van der Waals surface area contributed by atoms with Gasteiger partial charge in [0.05, 0.1) is 6.42 Å². The first-order valence-corrected chi connectivity index (χ1v) is 6.87. The van der Waals surface area contributed by atoms with E-state index in [2.05, 4.69) is 0 Å². The molecule has 0 aromatic rings. The molecular formula is C15H24O4. The number of carboxylic acid groups (broad SMARTS) is 1. The van der Waals surface area contributed by atoms with E-state index in [0.29, 0.717) is 0 Å². The Balaban J connectivity index is 2.74. The van der Waals surface area contributed by atoms with Crippen LogP contribution in [0.2, 0.25) is 0 Å². The van der Waals surface area contributed by atoms with Crippen LogP contribution in [0.1, 0.15) is 59.3 Å². The number of carboxylic acids is 1. The van der Waals surface area contributed by atoms with Gasteiger partial charge in [0.25, 0.3) is 0 Å². The lowest BCUT2D eigenvalue weighted by Crippen LogP contribution is -2.30. The monoisotopic (exact) mass is 268 g/mol. The van der Waals surface area contributed by atoms with Crippen LogP contribution in [0.3, 0.4) is 0 Å². The van der Waals surface area contributed by atoms with Crippen LogP contribution >= 0.6 is 0 Å². The van der Waals surface area contributed by atoms with Crippen LogP contribution in [0, 0.1) is 5.41 Å². The molecule has 0 aliphatic heterocycles. The van der Waals surface area contributed by atoms with E-state index in [1.165, 1.54) is 0 Å². The summed E-state index contributed by atoms with van der Waals surface area (Å²) in [5.41, 5.74) is -0.831. The molecule has 4 heteroatoms. The predicted molar refractivity (Wildman–Crippen MR) is 72.8 cm³/mol. The van der Waals surface area contributed by atoms with Crippen molar-refractivity contribution in [1.82, 2.24) is 0 Å². The highest BCUT2D eigenvalue weighted by Crippen LogP contribution is 2.41. The molecule has 4 nitrogen and oxygen atoms in total. The summed E-state index contributed by atoms with van der Waals surface area (Å²) in [4.78, 5) is 22.7. The fourth-order valence-electron chi connectivity index (χ4n) is 2.57. The second-order valence-corrected chi connectivity index (χ2v) is 6.36. The zero-order valence-corrected chi connectivity index (χ0v) is 12.1. The molecule has 0 unspecified atom stereocenters. The molecule has 0 saturated heterocycles. The average Bonchev–Trinajstić information content (AvgIpc) is 2.25. The molecule has 0 aromatic carbocycles. The van der Waals surface area contributed by atoms with Crippen LogP contribution in [0.25, 0.3) is 0 Å². The quantitative estimate of drug-likeness (QED) is 0.627. The Bertz CT molecular complexity index is 357. The first kappa shape index (κ1) is 15.7. The van der Waals surface area contributed by atoms with Gasteiger partial charge >= 0.3 is 11.9 Å². The summed E-state index contributed by atoms with van der Waals surface area (Å²) >= 11 is 0. The van der Waals surface area contributed by atoms with E-state index >= 15 is 0 Å². The molecule has 0 amide bonds. The number of esters is 1. The third-order valence-corrected chi connectivity index (χ3v) is 3.35. The van der Waals surface area contributed by atoms with Crippen LogP contribution in [0.15, 0.2) is 12.2 Å². The Morgan fingerprint density at radius 1 is 1.21 bits per heavy atom. The van der Waals surface area contributed by atoms with Gasteiger partial charge in [0.1, 0.15) is 5.60 Å². The molecule has 0 aromatic heterocycles. The molecule has 1 aliphatic carbocycles. The molecule has 0 radical (unpaired) electrons. The third kappa shape index (κ3) is 5.90. The number of hydrogen-bond acceptors (Lipinski definition) is 3. The van der Waals surface area contributed by atoms with Gasteiger partial charge in [0.2, 0.25) is 0 Å². The molecule has 0 bridgehead atoms. The number of hydrogen-bond donors (Lipinski definition) is 1. The number of ether oxygens (including phenoxy) is 1. The van der Waals surface area contributed by atoms with Crippen LogP contribution < -0.4 is 0 Å². The SMILES string of the molecule is CC(C)(C)OC(=O)CC1(C=CC(=O)O)CCCCC1. The Hall–Kier alpha value is -1.32. The van der Waals surface area contributed by atoms with Crippen molar-refractivity contribution in [1.29, 1.82) is 0 Å². The zero-order chi connectivity index (χ0) is 14.5. The lowest BCUT2D eigenvalue weighted by molar-refractivity contribution is -0.157. The zero-order valence-electron chi connectivity index (χ0n) is 12.1. The van der Waals surface area contributed by atoms with E-state index in [4.69, 9.17) is 9.84 Å². The fourth-order valence-corrected chi connectivity index (χ4v) is 2.57. The number of aliphatic carboxylic acids is 1. The number of carbonyl (C=O) groups excluding carboxylic acids is 1. The van der Waals surface area contributed by atoms with Crippen molar-refractivity contribution >= 4 is 11.9 Å². The van der Waals surface area contributed by atoms with Crippen molar-refractivity contribution in [3.8, 4) is 0 Å². The topological polar surface area (TPSA) is 63.6 Å². The maximum Gasteiger partial charge on any atom is 0.327 e. The van der Waals surface area contributed by atoms with Gasteiger partial charge in [-0.2, -0.15) is 0 Å². The predicted octanol–water partition coefficient (Wildman–Crippen LogP) is 3.31. The summed E-state index contributed by atoms with van der Waals surface area (Å²) in [7, 11) is 0. The molecule has 1 fully saturated rings. The summed E-state index contributed by atoms with van der Waals surface area (Å²) in [6.07, 6.45) is 8.06. The van der Waals surface area contributed by atoms with E-state index in [1.807, 2.05) is 20.8 Å². The standard InChI is InChI=1S/C15H24O4/c1-14(2,3)19-13(18)11-15(10-7-12(16)17)8-5-4-6-9-15/h7,10H,4-6,8-9,11H2,1-3H3,(H,16,17). The maximum atomic E-state index is 12.0. The minimum absolute atomic E-state index is 0.246. The fraction of sp³-hybridized carbons (Fsp3) is 0.733.